The van der Waals surface area contributed by atoms with Crippen molar-refractivity contribution in [3.8, 4) is 22.6 Å². The van der Waals surface area contributed by atoms with Crippen LogP contribution in [0.4, 0.5) is 0 Å². The predicted molar refractivity (Wildman–Crippen MR) is 138 cm³/mol. The van der Waals surface area contributed by atoms with Crippen molar-refractivity contribution in [1.82, 2.24) is 4.90 Å². The molecule has 1 amide bonds. The van der Waals surface area contributed by atoms with Gasteiger partial charge in [-0.1, -0.05) is 12.1 Å². The lowest BCUT2D eigenvalue weighted by molar-refractivity contribution is -0.175. The molecule has 0 radical (unpaired) electrons. The zero-order valence-electron chi connectivity index (χ0n) is 21.9. The maximum absolute atomic E-state index is 13.8. The fourth-order valence-electron chi connectivity index (χ4n) is 6.65. The molecule has 39 heavy (non-hydrogen) atoms. The third kappa shape index (κ3) is 3.97. The van der Waals surface area contributed by atoms with Crippen LogP contribution in [-0.4, -0.2) is 71.0 Å². The van der Waals surface area contributed by atoms with Gasteiger partial charge in [0.2, 0.25) is 5.91 Å². The number of nitrogens with two attached hydrogens (primary N) is 1. The number of phenols is 1. The molecule has 10 heteroatoms. The summed E-state index contributed by atoms with van der Waals surface area (Å²) in [5, 5.41) is 22.1. The molecule has 0 bridgehead atoms. The fraction of sp³-hybridized carbons (Fsp3) is 0.414. The van der Waals surface area contributed by atoms with Crippen molar-refractivity contribution in [3.63, 3.8) is 0 Å². The lowest BCUT2D eigenvalue weighted by Crippen LogP contribution is -2.68. The van der Waals surface area contributed by atoms with E-state index in [9.17, 15) is 34.2 Å². The Bertz CT molecular complexity index is 1450. The molecule has 0 heterocycles. The molecular formula is C29H30N2O8. The van der Waals surface area contributed by atoms with E-state index in [2.05, 4.69) is 0 Å². The van der Waals surface area contributed by atoms with Crippen LogP contribution < -0.4 is 10.5 Å². The van der Waals surface area contributed by atoms with Crippen LogP contribution in [-0.2, 0) is 32.1 Å². The third-order valence-electron chi connectivity index (χ3n) is 8.36. The van der Waals surface area contributed by atoms with Crippen LogP contribution in [0.5, 0.6) is 11.5 Å². The summed E-state index contributed by atoms with van der Waals surface area (Å²) in [4.78, 5) is 66.9. The van der Waals surface area contributed by atoms with Crippen molar-refractivity contribution in [1.29, 1.82) is 0 Å². The minimum atomic E-state index is -2.66. The minimum Gasteiger partial charge on any atom is -0.507 e. The van der Waals surface area contributed by atoms with Crippen LogP contribution in [0.25, 0.3) is 11.1 Å². The molecule has 5 atom stereocenters. The number of aliphatic hydroxyl groups is 1. The fourth-order valence-corrected chi connectivity index (χ4v) is 6.65. The van der Waals surface area contributed by atoms with Gasteiger partial charge in [-0.05, 0) is 67.7 Å². The second-order valence-electron chi connectivity index (χ2n) is 11.0. The Morgan fingerprint density at radius 1 is 1.10 bits per heavy atom. The molecule has 0 saturated heterocycles. The number of benzene rings is 2. The summed E-state index contributed by atoms with van der Waals surface area (Å²) >= 11 is 0. The third-order valence-corrected chi connectivity index (χ3v) is 8.36. The molecule has 0 spiro atoms. The summed E-state index contributed by atoms with van der Waals surface area (Å²) in [5.41, 5.74) is 5.52. The van der Waals surface area contributed by atoms with Gasteiger partial charge >= 0.3 is 0 Å². The molecule has 2 saturated carbocycles. The van der Waals surface area contributed by atoms with Crippen molar-refractivity contribution in [3.05, 3.63) is 47.0 Å². The van der Waals surface area contributed by atoms with Crippen LogP contribution in [0, 0.1) is 23.7 Å². The number of ketones is 4. The first-order chi connectivity index (χ1) is 18.4. The Morgan fingerprint density at radius 2 is 1.82 bits per heavy atom. The molecule has 0 aliphatic heterocycles. The number of rotatable bonds is 5. The van der Waals surface area contributed by atoms with Crippen molar-refractivity contribution in [2.24, 2.45) is 29.4 Å². The molecule has 204 valence electrons. The SMILES string of the molecule is COc1ccc(-c2ccc(O)c3c2C[C@H]2C[C@H]4CC(=O)C(C(N)=O)C(=O)[C@@]4(O)C(=O)C2C3=O)cc1CN(C)C. The highest BCUT2D eigenvalue weighted by Crippen LogP contribution is 2.51. The van der Waals surface area contributed by atoms with Crippen molar-refractivity contribution in [2.45, 2.75) is 31.4 Å². The predicted octanol–water partition coefficient (Wildman–Crippen LogP) is 1.06. The van der Waals surface area contributed by atoms with E-state index in [0.717, 1.165) is 11.1 Å². The molecule has 4 N–H and O–H groups in total. The number of primary amides is 1. The van der Waals surface area contributed by atoms with Gasteiger partial charge in [0.05, 0.1) is 18.6 Å². The van der Waals surface area contributed by atoms with Crippen molar-refractivity contribution < 1.29 is 38.9 Å². The summed E-state index contributed by atoms with van der Waals surface area (Å²) in [6.45, 7) is 0.601. The Kier molecular flexibility index (Phi) is 6.43. The van der Waals surface area contributed by atoms with Gasteiger partial charge in [-0.2, -0.15) is 0 Å². The largest absolute Gasteiger partial charge is 0.507 e. The van der Waals surface area contributed by atoms with E-state index in [0.29, 0.717) is 23.4 Å². The Labute approximate surface area is 224 Å². The van der Waals surface area contributed by atoms with Crippen LogP contribution in [0.15, 0.2) is 30.3 Å². The van der Waals surface area contributed by atoms with Gasteiger partial charge in [-0.25, -0.2) is 0 Å². The van der Waals surface area contributed by atoms with E-state index in [-0.39, 0.29) is 30.6 Å². The molecule has 2 unspecified atom stereocenters. The topological polar surface area (TPSA) is 164 Å². The summed E-state index contributed by atoms with van der Waals surface area (Å²) in [5.74, 6) is -9.56. The van der Waals surface area contributed by atoms with Crippen molar-refractivity contribution in [2.75, 3.05) is 21.2 Å². The van der Waals surface area contributed by atoms with Gasteiger partial charge in [-0.15, -0.1) is 0 Å². The normalized spacial score (nSPS) is 28.1. The molecular weight excluding hydrogens is 504 g/mol. The standard InChI is InChI=1S/C29H30N2O8/c1-31(2)12-15-8-13(4-7-21(15)39-3)17-5-6-19(32)23-18(17)10-14-9-16-11-20(33)24(28(30)37)27(36)29(16,38)26(35)22(14)25(23)34/h4-8,14,16,22,24,32,38H,9-12H2,1-3H3,(H2,30,37)/t14-,16+,22?,24?,29+/m1/s1. The van der Waals surface area contributed by atoms with E-state index in [4.69, 9.17) is 10.5 Å². The quantitative estimate of drug-likeness (QED) is 0.476. The maximum atomic E-state index is 13.8. The first-order valence-electron chi connectivity index (χ1n) is 12.7. The van der Waals surface area contributed by atoms with Crippen LogP contribution in [0.3, 0.4) is 0 Å². The number of carbonyl (C=O) groups excluding carboxylic acids is 5. The average molecular weight is 535 g/mol. The van der Waals surface area contributed by atoms with Gasteiger partial charge in [-0.3, -0.25) is 24.0 Å². The molecule has 2 aromatic rings. The zero-order valence-corrected chi connectivity index (χ0v) is 21.9. The highest BCUT2D eigenvalue weighted by molar-refractivity contribution is 6.31. The number of ether oxygens (including phenoxy) is 1. The summed E-state index contributed by atoms with van der Waals surface area (Å²) in [6, 6.07) is 8.75. The molecule has 3 aliphatic carbocycles. The Balaban J connectivity index is 1.60. The number of carbonyl (C=O) groups is 5. The molecule has 0 aromatic heterocycles. The number of Topliss-reactive ketones (excluding diaryl/α,β-unsaturated/α-hetero) is 4. The highest BCUT2D eigenvalue weighted by atomic mass is 16.5. The van der Waals surface area contributed by atoms with E-state index >= 15 is 0 Å². The summed E-state index contributed by atoms with van der Waals surface area (Å²) < 4.78 is 5.50. The first kappa shape index (κ1) is 26.7. The summed E-state index contributed by atoms with van der Waals surface area (Å²) in [6.07, 6.45) is -0.111. The van der Waals surface area contributed by atoms with Crippen LogP contribution >= 0.6 is 0 Å². The number of phenolic OH excluding ortho intramolecular Hbond substituents is 1. The lowest BCUT2D eigenvalue weighted by atomic mass is 9.53. The number of amides is 1. The van der Waals surface area contributed by atoms with Crippen molar-refractivity contribution >= 4 is 29.0 Å². The van der Waals surface area contributed by atoms with Crippen LogP contribution in [0.1, 0.15) is 34.3 Å². The highest BCUT2D eigenvalue weighted by Gasteiger charge is 2.66. The maximum Gasteiger partial charge on any atom is 0.235 e. The zero-order chi connectivity index (χ0) is 28.4. The minimum absolute atomic E-state index is 0.0279. The van der Waals surface area contributed by atoms with Gasteiger partial charge in [0.1, 0.15) is 11.5 Å². The molecule has 3 aliphatic rings. The number of nitrogens with zero attached hydrogens (tertiary/aromatic N) is 1. The van der Waals surface area contributed by atoms with Gasteiger partial charge in [0.15, 0.2) is 34.7 Å². The van der Waals surface area contributed by atoms with E-state index in [1.165, 1.54) is 6.07 Å². The Hall–Kier alpha value is -3.89. The van der Waals surface area contributed by atoms with Crippen LogP contribution in [0.2, 0.25) is 0 Å². The molecule has 2 aromatic carbocycles. The Morgan fingerprint density at radius 3 is 2.46 bits per heavy atom. The number of aromatic hydroxyl groups is 1. The van der Waals surface area contributed by atoms with E-state index in [1.807, 2.05) is 37.2 Å². The lowest BCUT2D eigenvalue weighted by Gasteiger charge is -2.48. The second kappa shape index (κ2) is 9.39. The van der Waals surface area contributed by atoms with Gasteiger partial charge in [0.25, 0.3) is 0 Å². The molecule has 5 rings (SSSR count). The van der Waals surface area contributed by atoms with Gasteiger partial charge in [0, 0.05) is 24.4 Å². The number of fused-ring (bicyclic) bond motifs is 3. The molecule has 10 nitrogen and oxygen atoms in total. The number of hydrogen-bond donors (Lipinski definition) is 3. The monoisotopic (exact) mass is 534 g/mol. The van der Waals surface area contributed by atoms with E-state index < -0.39 is 58.3 Å². The summed E-state index contributed by atoms with van der Waals surface area (Å²) in [7, 11) is 5.45. The first-order valence-corrected chi connectivity index (χ1v) is 12.7. The number of hydrogen-bond acceptors (Lipinski definition) is 9. The number of methoxy groups -OCH3 is 1. The van der Waals surface area contributed by atoms with E-state index in [1.54, 1.807) is 13.2 Å². The average Bonchev–Trinajstić information content (AvgIpc) is 2.85. The van der Waals surface area contributed by atoms with Gasteiger partial charge < -0.3 is 25.6 Å². The molecule has 2 fully saturated rings. The second-order valence-corrected chi connectivity index (χ2v) is 11.0. The smallest absolute Gasteiger partial charge is 0.235 e.